The van der Waals surface area contributed by atoms with Crippen molar-refractivity contribution < 1.29 is 4.74 Å². The molecular weight excluding hydrogens is 270 g/mol. The Kier molecular flexibility index (Phi) is 4.27. The standard InChI is InChI=1S/C12H16ClN3OS/c1-4-16-11(9(17-3)7-15-16)10(14-2)12-8(13)5-6-18-12/h5-7,10,14H,4H2,1-3H3. The van der Waals surface area contributed by atoms with Crippen LogP contribution in [-0.4, -0.2) is 23.9 Å². The van der Waals surface area contributed by atoms with E-state index in [1.807, 2.05) is 23.2 Å². The fraction of sp³-hybridized carbons (Fsp3) is 0.417. The molecule has 98 valence electrons. The second-order valence-corrected chi connectivity index (χ2v) is 5.12. The summed E-state index contributed by atoms with van der Waals surface area (Å²) in [5.41, 5.74) is 1.01. The van der Waals surface area contributed by atoms with E-state index in [1.165, 1.54) is 0 Å². The molecule has 4 nitrogen and oxygen atoms in total. The van der Waals surface area contributed by atoms with Gasteiger partial charge in [0.2, 0.25) is 0 Å². The van der Waals surface area contributed by atoms with Gasteiger partial charge in [-0.1, -0.05) is 11.6 Å². The maximum absolute atomic E-state index is 6.22. The van der Waals surface area contributed by atoms with Gasteiger partial charge in [0.05, 0.1) is 24.4 Å². The smallest absolute Gasteiger partial charge is 0.161 e. The monoisotopic (exact) mass is 285 g/mol. The highest BCUT2D eigenvalue weighted by molar-refractivity contribution is 7.10. The van der Waals surface area contributed by atoms with Crippen molar-refractivity contribution in [1.29, 1.82) is 0 Å². The number of nitrogens with one attached hydrogen (secondary N) is 1. The quantitative estimate of drug-likeness (QED) is 0.918. The van der Waals surface area contributed by atoms with Crippen molar-refractivity contribution in [2.75, 3.05) is 14.2 Å². The third kappa shape index (κ3) is 2.25. The molecule has 18 heavy (non-hydrogen) atoms. The van der Waals surface area contributed by atoms with Crippen LogP contribution in [0.25, 0.3) is 0 Å². The molecule has 2 heterocycles. The Balaban J connectivity index is 2.50. The number of hydrogen-bond donors (Lipinski definition) is 1. The molecule has 6 heteroatoms. The van der Waals surface area contributed by atoms with E-state index in [9.17, 15) is 0 Å². The fourth-order valence-corrected chi connectivity index (χ4v) is 3.26. The zero-order chi connectivity index (χ0) is 13.1. The number of hydrogen-bond acceptors (Lipinski definition) is 4. The molecule has 0 amide bonds. The summed E-state index contributed by atoms with van der Waals surface area (Å²) in [6.45, 7) is 2.85. The van der Waals surface area contributed by atoms with Crippen molar-refractivity contribution in [2.45, 2.75) is 19.5 Å². The molecule has 1 atom stereocenters. The van der Waals surface area contributed by atoms with Gasteiger partial charge in [-0.25, -0.2) is 0 Å². The molecule has 1 N–H and O–H groups in total. The zero-order valence-corrected chi connectivity index (χ0v) is 12.2. The molecule has 0 saturated heterocycles. The lowest BCUT2D eigenvalue weighted by molar-refractivity contribution is 0.401. The molecule has 2 aromatic rings. The molecule has 0 radical (unpaired) electrons. The molecule has 0 aliphatic heterocycles. The van der Waals surface area contributed by atoms with Crippen molar-refractivity contribution in [3.05, 3.63) is 33.2 Å². The highest BCUT2D eigenvalue weighted by atomic mass is 35.5. The number of methoxy groups -OCH3 is 1. The van der Waals surface area contributed by atoms with Gasteiger partial charge in [0.1, 0.15) is 5.69 Å². The molecular formula is C12H16ClN3OS. The van der Waals surface area contributed by atoms with Crippen molar-refractivity contribution in [1.82, 2.24) is 15.1 Å². The summed E-state index contributed by atoms with van der Waals surface area (Å²) in [5, 5.41) is 10.4. The van der Waals surface area contributed by atoms with E-state index in [-0.39, 0.29) is 6.04 Å². The molecule has 0 aliphatic rings. The van der Waals surface area contributed by atoms with E-state index in [4.69, 9.17) is 16.3 Å². The van der Waals surface area contributed by atoms with E-state index in [1.54, 1.807) is 24.6 Å². The van der Waals surface area contributed by atoms with Crippen LogP contribution in [-0.2, 0) is 6.54 Å². The van der Waals surface area contributed by atoms with Crippen LogP contribution in [0.1, 0.15) is 23.5 Å². The van der Waals surface area contributed by atoms with Gasteiger partial charge in [0.25, 0.3) is 0 Å². The highest BCUT2D eigenvalue weighted by Gasteiger charge is 2.24. The SMILES string of the molecule is CCn1ncc(OC)c1C(NC)c1sccc1Cl. The lowest BCUT2D eigenvalue weighted by atomic mass is 10.1. The Labute approximate surface area is 116 Å². The van der Waals surface area contributed by atoms with E-state index in [0.717, 1.165) is 27.9 Å². The van der Waals surface area contributed by atoms with Gasteiger partial charge < -0.3 is 10.1 Å². The van der Waals surface area contributed by atoms with Gasteiger partial charge in [-0.3, -0.25) is 4.68 Å². The Morgan fingerprint density at radius 2 is 2.39 bits per heavy atom. The lowest BCUT2D eigenvalue weighted by Gasteiger charge is -2.18. The molecule has 0 bridgehead atoms. The Morgan fingerprint density at radius 1 is 1.61 bits per heavy atom. The van der Waals surface area contributed by atoms with Crippen LogP contribution in [0.2, 0.25) is 5.02 Å². The number of aromatic nitrogens is 2. The van der Waals surface area contributed by atoms with Crippen LogP contribution < -0.4 is 10.1 Å². The molecule has 1 unspecified atom stereocenters. The van der Waals surface area contributed by atoms with Gasteiger partial charge in [-0.2, -0.15) is 5.10 Å². The second-order valence-electron chi connectivity index (χ2n) is 3.77. The minimum Gasteiger partial charge on any atom is -0.493 e. The largest absolute Gasteiger partial charge is 0.493 e. The first-order chi connectivity index (χ1) is 8.72. The maximum Gasteiger partial charge on any atom is 0.161 e. The minimum absolute atomic E-state index is 0.00472. The van der Waals surface area contributed by atoms with Gasteiger partial charge in [0, 0.05) is 11.4 Å². The number of halogens is 1. The van der Waals surface area contributed by atoms with Gasteiger partial charge >= 0.3 is 0 Å². The molecule has 2 rings (SSSR count). The number of ether oxygens (including phenoxy) is 1. The van der Waals surface area contributed by atoms with E-state index in [2.05, 4.69) is 17.3 Å². The average Bonchev–Trinajstić information content (AvgIpc) is 2.98. The summed E-state index contributed by atoms with van der Waals surface area (Å²) in [6.07, 6.45) is 1.74. The molecule has 0 saturated carbocycles. The summed E-state index contributed by atoms with van der Waals surface area (Å²) >= 11 is 7.85. The van der Waals surface area contributed by atoms with E-state index in [0.29, 0.717) is 0 Å². The van der Waals surface area contributed by atoms with Gasteiger partial charge in [-0.15, -0.1) is 11.3 Å². The Morgan fingerprint density at radius 3 is 2.89 bits per heavy atom. The number of aryl methyl sites for hydroxylation is 1. The van der Waals surface area contributed by atoms with Crippen LogP contribution in [0.3, 0.4) is 0 Å². The molecule has 0 aromatic carbocycles. The Bertz CT molecular complexity index is 502. The van der Waals surface area contributed by atoms with Gasteiger partial charge in [0.15, 0.2) is 5.75 Å². The number of rotatable bonds is 5. The number of thiophene rings is 1. The fourth-order valence-electron chi connectivity index (χ4n) is 1.98. The summed E-state index contributed by atoms with van der Waals surface area (Å²) in [7, 11) is 3.57. The summed E-state index contributed by atoms with van der Waals surface area (Å²) in [5.74, 6) is 0.778. The predicted molar refractivity (Wildman–Crippen MR) is 74.7 cm³/mol. The normalized spacial score (nSPS) is 12.7. The van der Waals surface area contributed by atoms with E-state index < -0.39 is 0 Å². The summed E-state index contributed by atoms with van der Waals surface area (Å²) in [6, 6.07) is 1.90. The van der Waals surface area contributed by atoms with Gasteiger partial charge in [-0.05, 0) is 25.4 Å². The highest BCUT2D eigenvalue weighted by Crippen LogP contribution is 2.36. The topological polar surface area (TPSA) is 39.1 Å². The van der Waals surface area contributed by atoms with Crippen molar-refractivity contribution in [2.24, 2.45) is 0 Å². The maximum atomic E-state index is 6.22. The first-order valence-electron chi connectivity index (χ1n) is 5.72. The predicted octanol–water partition coefficient (Wildman–Crippen LogP) is 2.94. The van der Waals surface area contributed by atoms with Crippen LogP contribution in [0.5, 0.6) is 5.75 Å². The Hall–Kier alpha value is -1.04. The van der Waals surface area contributed by atoms with Crippen molar-refractivity contribution in [3.63, 3.8) is 0 Å². The van der Waals surface area contributed by atoms with Crippen molar-refractivity contribution >= 4 is 22.9 Å². The van der Waals surface area contributed by atoms with E-state index >= 15 is 0 Å². The van der Waals surface area contributed by atoms with Crippen LogP contribution in [0, 0.1) is 0 Å². The zero-order valence-electron chi connectivity index (χ0n) is 10.6. The third-order valence-corrected chi connectivity index (χ3v) is 4.26. The van der Waals surface area contributed by atoms with Crippen LogP contribution in [0.4, 0.5) is 0 Å². The number of nitrogens with zero attached hydrogens (tertiary/aromatic N) is 2. The van der Waals surface area contributed by atoms with Crippen LogP contribution in [0.15, 0.2) is 17.6 Å². The molecule has 0 fully saturated rings. The third-order valence-electron chi connectivity index (χ3n) is 2.83. The molecule has 0 spiro atoms. The first kappa shape index (κ1) is 13.4. The summed E-state index contributed by atoms with van der Waals surface area (Å²) in [4.78, 5) is 1.08. The molecule has 2 aromatic heterocycles. The van der Waals surface area contributed by atoms with Crippen LogP contribution >= 0.6 is 22.9 Å². The minimum atomic E-state index is -0.00472. The molecule has 0 aliphatic carbocycles. The first-order valence-corrected chi connectivity index (χ1v) is 6.98. The second kappa shape index (κ2) is 5.73. The lowest BCUT2D eigenvalue weighted by Crippen LogP contribution is -2.21. The summed E-state index contributed by atoms with van der Waals surface area (Å²) < 4.78 is 7.31. The average molecular weight is 286 g/mol. The van der Waals surface area contributed by atoms with Crippen molar-refractivity contribution in [3.8, 4) is 5.75 Å².